The first-order valence-electron chi connectivity index (χ1n) is 8.05. The van der Waals surface area contributed by atoms with Crippen LogP contribution in [0, 0.1) is 12.8 Å². The van der Waals surface area contributed by atoms with Gasteiger partial charge in [0, 0.05) is 29.6 Å². The number of hydrogen-bond acceptors (Lipinski definition) is 4. The first-order chi connectivity index (χ1) is 10.6. The van der Waals surface area contributed by atoms with Crippen molar-refractivity contribution in [3.8, 4) is 5.75 Å². The summed E-state index contributed by atoms with van der Waals surface area (Å²) in [5.74, 6) is 0.826. The average Bonchev–Trinajstić information content (AvgIpc) is 2.50. The van der Waals surface area contributed by atoms with Gasteiger partial charge in [-0.25, -0.2) is 4.79 Å². The van der Waals surface area contributed by atoms with Gasteiger partial charge in [0.25, 0.3) is 0 Å². The van der Waals surface area contributed by atoms with Gasteiger partial charge in [0.1, 0.15) is 11.3 Å². The molecule has 0 bridgehead atoms. The van der Waals surface area contributed by atoms with Gasteiger partial charge >= 0.3 is 5.63 Å². The van der Waals surface area contributed by atoms with Crippen LogP contribution < -0.4 is 10.9 Å². The summed E-state index contributed by atoms with van der Waals surface area (Å²) >= 11 is 0. The molecule has 0 amide bonds. The second-order valence-corrected chi connectivity index (χ2v) is 6.43. The minimum atomic E-state index is -0.366. The summed E-state index contributed by atoms with van der Waals surface area (Å²) in [4.78, 5) is 11.8. The molecule has 4 nitrogen and oxygen atoms in total. The molecule has 1 fully saturated rings. The van der Waals surface area contributed by atoms with Crippen molar-refractivity contribution in [3.05, 3.63) is 39.7 Å². The molecule has 1 aromatic carbocycles. The lowest BCUT2D eigenvalue weighted by atomic mass is 9.86. The molecule has 2 aromatic rings. The van der Waals surface area contributed by atoms with Crippen LogP contribution in [0.25, 0.3) is 11.0 Å². The highest BCUT2D eigenvalue weighted by atomic mass is 16.4. The number of aryl methyl sites for hydroxylation is 1. The van der Waals surface area contributed by atoms with E-state index in [0.29, 0.717) is 29.7 Å². The maximum Gasteiger partial charge on any atom is 0.336 e. The molecule has 118 valence electrons. The summed E-state index contributed by atoms with van der Waals surface area (Å²) in [6.45, 7) is 4.71. The van der Waals surface area contributed by atoms with Gasteiger partial charge in [0.2, 0.25) is 0 Å². The molecule has 0 unspecified atom stereocenters. The molecule has 1 heterocycles. The zero-order chi connectivity index (χ0) is 15.7. The molecule has 0 spiro atoms. The van der Waals surface area contributed by atoms with Gasteiger partial charge in [0.05, 0.1) is 0 Å². The molecule has 0 saturated heterocycles. The number of benzene rings is 1. The van der Waals surface area contributed by atoms with E-state index in [1.54, 1.807) is 19.1 Å². The van der Waals surface area contributed by atoms with Gasteiger partial charge in [-0.2, -0.15) is 0 Å². The van der Waals surface area contributed by atoms with E-state index in [2.05, 4.69) is 12.2 Å². The molecular formula is C18H23NO3. The van der Waals surface area contributed by atoms with E-state index < -0.39 is 0 Å². The Balaban J connectivity index is 1.90. The van der Waals surface area contributed by atoms with Crippen molar-refractivity contribution in [1.82, 2.24) is 5.32 Å². The van der Waals surface area contributed by atoms with Crippen LogP contribution in [0.2, 0.25) is 0 Å². The molecule has 22 heavy (non-hydrogen) atoms. The van der Waals surface area contributed by atoms with E-state index in [-0.39, 0.29) is 11.4 Å². The van der Waals surface area contributed by atoms with Crippen LogP contribution in [0.5, 0.6) is 5.75 Å². The fraction of sp³-hybridized carbons (Fsp3) is 0.500. The van der Waals surface area contributed by atoms with E-state index in [4.69, 9.17) is 4.42 Å². The van der Waals surface area contributed by atoms with Crippen molar-refractivity contribution in [2.75, 3.05) is 0 Å². The summed E-state index contributed by atoms with van der Waals surface area (Å²) in [5.41, 5.74) is 1.67. The van der Waals surface area contributed by atoms with E-state index in [1.165, 1.54) is 25.7 Å². The molecular weight excluding hydrogens is 278 g/mol. The Bertz CT molecular complexity index is 735. The lowest BCUT2D eigenvalue weighted by Gasteiger charge is -2.29. The van der Waals surface area contributed by atoms with Gasteiger partial charge in [-0.15, -0.1) is 0 Å². The van der Waals surface area contributed by atoms with E-state index >= 15 is 0 Å². The Hall–Kier alpha value is -1.81. The zero-order valence-corrected chi connectivity index (χ0v) is 13.2. The minimum Gasteiger partial charge on any atom is -0.508 e. The third kappa shape index (κ3) is 2.88. The molecule has 1 saturated carbocycles. The third-order valence-corrected chi connectivity index (χ3v) is 4.88. The van der Waals surface area contributed by atoms with Crippen molar-refractivity contribution < 1.29 is 9.52 Å². The van der Waals surface area contributed by atoms with Crippen LogP contribution in [0.1, 0.15) is 43.7 Å². The highest BCUT2D eigenvalue weighted by Crippen LogP contribution is 2.28. The molecule has 1 aliphatic rings. The Kier molecular flexibility index (Phi) is 4.21. The summed E-state index contributed by atoms with van der Waals surface area (Å²) in [6, 6.07) is 5.54. The van der Waals surface area contributed by atoms with E-state index in [0.717, 1.165) is 10.9 Å². The van der Waals surface area contributed by atoms with Crippen LogP contribution in [0.15, 0.2) is 27.4 Å². The number of fused-ring (bicyclic) bond motifs is 1. The Morgan fingerprint density at radius 3 is 2.86 bits per heavy atom. The Labute approximate surface area is 130 Å². The topological polar surface area (TPSA) is 62.5 Å². The number of hydrogen-bond donors (Lipinski definition) is 2. The van der Waals surface area contributed by atoms with Gasteiger partial charge in [-0.3, -0.25) is 0 Å². The van der Waals surface area contributed by atoms with Crippen LogP contribution in [0.4, 0.5) is 0 Å². The molecule has 3 rings (SSSR count). The largest absolute Gasteiger partial charge is 0.508 e. The smallest absolute Gasteiger partial charge is 0.336 e. The lowest BCUT2D eigenvalue weighted by Crippen LogP contribution is -2.36. The number of nitrogens with one attached hydrogen (secondary N) is 1. The van der Waals surface area contributed by atoms with Gasteiger partial charge in [-0.05, 0) is 43.4 Å². The predicted octanol–water partition coefficient (Wildman–Crippen LogP) is 3.48. The highest BCUT2D eigenvalue weighted by molar-refractivity contribution is 5.84. The van der Waals surface area contributed by atoms with Crippen molar-refractivity contribution in [1.29, 1.82) is 0 Å². The fourth-order valence-corrected chi connectivity index (χ4v) is 3.42. The summed E-state index contributed by atoms with van der Waals surface area (Å²) in [6.07, 6.45) is 5.05. The fourth-order valence-electron chi connectivity index (χ4n) is 3.42. The van der Waals surface area contributed by atoms with Crippen LogP contribution in [-0.2, 0) is 6.54 Å². The molecule has 4 heteroatoms. The molecule has 1 aliphatic carbocycles. The molecule has 0 aliphatic heterocycles. The second-order valence-electron chi connectivity index (χ2n) is 6.43. The van der Waals surface area contributed by atoms with Crippen molar-refractivity contribution in [3.63, 3.8) is 0 Å². The average molecular weight is 301 g/mol. The first kappa shape index (κ1) is 15.1. The van der Waals surface area contributed by atoms with E-state index in [1.807, 2.05) is 6.07 Å². The molecule has 1 aromatic heterocycles. The maximum atomic E-state index is 11.8. The van der Waals surface area contributed by atoms with Crippen LogP contribution >= 0.6 is 0 Å². The van der Waals surface area contributed by atoms with Gasteiger partial charge in [-0.1, -0.05) is 19.8 Å². The Morgan fingerprint density at radius 2 is 2.09 bits per heavy atom. The van der Waals surface area contributed by atoms with Crippen LogP contribution in [0.3, 0.4) is 0 Å². The molecule has 0 radical (unpaired) electrons. The second kappa shape index (κ2) is 6.13. The third-order valence-electron chi connectivity index (χ3n) is 4.88. The van der Waals surface area contributed by atoms with Crippen molar-refractivity contribution in [2.45, 2.75) is 52.1 Å². The zero-order valence-electron chi connectivity index (χ0n) is 13.2. The normalized spacial score (nSPS) is 22.1. The van der Waals surface area contributed by atoms with Crippen molar-refractivity contribution >= 4 is 11.0 Å². The van der Waals surface area contributed by atoms with Gasteiger partial charge in [0.15, 0.2) is 0 Å². The standard InChI is InChI=1S/C18H23NO3/c1-11-5-3-4-6-15(11)19-10-13-9-17(21)22-18-12(2)16(20)8-7-14(13)18/h7-9,11,15,19-20H,3-6,10H2,1-2H3/t11-,15+/m1/s1. The maximum absolute atomic E-state index is 11.8. The summed E-state index contributed by atoms with van der Waals surface area (Å²) in [5, 5.41) is 14.3. The first-order valence-corrected chi connectivity index (χ1v) is 8.05. The minimum absolute atomic E-state index is 0.154. The summed E-state index contributed by atoms with van der Waals surface area (Å²) in [7, 11) is 0. The number of phenolic OH excluding ortho intramolecular Hbond substituents is 1. The van der Waals surface area contributed by atoms with E-state index in [9.17, 15) is 9.90 Å². The monoisotopic (exact) mass is 301 g/mol. The Morgan fingerprint density at radius 1 is 1.32 bits per heavy atom. The molecule has 2 N–H and O–H groups in total. The van der Waals surface area contributed by atoms with Crippen molar-refractivity contribution in [2.24, 2.45) is 5.92 Å². The summed E-state index contributed by atoms with van der Waals surface area (Å²) < 4.78 is 5.28. The lowest BCUT2D eigenvalue weighted by molar-refractivity contribution is 0.279. The number of rotatable bonds is 3. The quantitative estimate of drug-likeness (QED) is 0.852. The van der Waals surface area contributed by atoms with Gasteiger partial charge < -0.3 is 14.8 Å². The highest BCUT2D eigenvalue weighted by Gasteiger charge is 2.21. The molecule has 2 atom stereocenters. The SMILES string of the molecule is Cc1c(O)ccc2c(CN[C@H]3CCCC[C@H]3C)cc(=O)oc12. The van der Waals surface area contributed by atoms with Crippen LogP contribution in [-0.4, -0.2) is 11.1 Å². The number of phenols is 1. The number of aromatic hydroxyl groups is 1. The predicted molar refractivity (Wildman–Crippen MR) is 87.1 cm³/mol.